The highest BCUT2D eigenvalue weighted by Crippen LogP contribution is 2.35. The Hall–Kier alpha value is -3.15. The Bertz CT molecular complexity index is 1150. The molecule has 1 aliphatic rings. The Balaban J connectivity index is 1.66. The van der Waals surface area contributed by atoms with E-state index in [1.807, 2.05) is 42.5 Å². The van der Waals surface area contributed by atoms with Gasteiger partial charge in [0.15, 0.2) is 5.78 Å². The van der Waals surface area contributed by atoms with Gasteiger partial charge in [0.1, 0.15) is 11.5 Å². The minimum absolute atomic E-state index is 0.00905. The number of benzene rings is 3. The zero-order valence-electron chi connectivity index (χ0n) is 20.4. The molecule has 3 aromatic rings. The van der Waals surface area contributed by atoms with Gasteiger partial charge in [-0.1, -0.05) is 42.5 Å². The Morgan fingerprint density at radius 3 is 2.38 bits per heavy atom. The molecule has 1 fully saturated rings. The van der Waals surface area contributed by atoms with Crippen LogP contribution in [0, 0.1) is 0 Å². The van der Waals surface area contributed by atoms with Crippen LogP contribution < -0.4 is 4.74 Å². The summed E-state index contributed by atoms with van der Waals surface area (Å²) in [5, 5.41) is 9.87. The van der Waals surface area contributed by atoms with Gasteiger partial charge in [0.2, 0.25) is 0 Å². The van der Waals surface area contributed by atoms with Crippen LogP contribution in [-0.4, -0.2) is 53.0 Å². The number of rotatable bonds is 7. The van der Waals surface area contributed by atoms with Crippen molar-refractivity contribution in [2.24, 2.45) is 0 Å². The number of phenolic OH excluding ortho intramolecular Hbond substituents is 1. The van der Waals surface area contributed by atoms with Crippen molar-refractivity contribution in [3.05, 3.63) is 95.1 Å². The van der Waals surface area contributed by atoms with Crippen LogP contribution in [0.3, 0.4) is 0 Å². The summed E-state index contributed by atoms with van der Waals surface area (Å²) >= 11 is 0. The van der Waals surface area contributed by atoms with Gasteiger partial charge in [-0.2, -0.15) is 0 Å². The van der Waals surface area contributed by atoms with Gasteiger partial charge >= 0.3 is 0 Å². The maximum Gasteiger partial charge on any atom is 0.159 e. The molecule has 0 aliphatic carbocycles. The lowest BCUT2D eigenvalue weighted by Gasteiger charge is -2.47. The monoisotopic (exact) mass is 458 g/mol. The fourth-order valence-corrected chi connectivity index (χ4v) is 5.01. The largest absolute Gasteiger partial charge is 0.508 e. The molecule has 3 atom stereocenters. The van der Waals surface area contributed by atoms with Crippen LogP contribution in [0.5, 0.6) is 11.5 Å². The number of hydrogen-bond donors (Lipinski definition) is 1. The van der Waals surface area contributed by atoms with Crippen LogP contribution in [0.15, 0.2) is 72.8 Å². The van der Waals surface area contributed by atoms with Crippen molar-refractivity contribution in [3.63, 3.8) is 0 Å². The Morgan fingerprint density at radius 1 is 0.971 bits per heavy atom. The van der Waals surface area contributed by atoms with Crippen molar-refractivity contribution in [1.29, 1.82) is 0 Å². The van der Waals surface area contributed by atoms with Gasteiger partial charge in [0.05, 0.1) is 13.2 Å². The maximum atomic E-state index is 12.1. The number of carbonyl (C=O) groups is 1. The highest BCUT2D eigenvalue weighted by molar-refractivity contribution is 5.94. The molecule has 1 heterocycles. The Labute approximate surface area is 202 Å². The molecule has 0 unspecified atom stereocenters. The summed E-state index contributed by atoms with van der Waals surface area (Å²) in [4.78, 5) is 17.1. The van der Waals surface area contributed by atoms with Gasteiger partial charge in [0.25, 0.3) is 0 Å². The molecule has 0 radical (unpaired) electrons. The molecule has 1 aliphatic heterocycles. The summed E-state index contributed by atoms with van der Waals surface area (Å²) in [7, 11) is 1.69. The van der Waals surface area contributed by atoms with E-state index in [-0.39, 0.29) is 17.9 Å². The van der Waals surface area contributed by atoms with Crippen LogP contribution in [-0.2, 0) is 6.54 Å². The molecule has 5 heteroatoms. The molecule has 0 aromatic heterocycles. The minimum Gasteiger partial charge on any atom is -0.508 e. The first-order valence-corrected chi connectivity index (χ1v) is 11.9. The van der Waals surface area contributed by atoms with E-state index < -0.39 is 0 Å². The summed E-state index contributed by atoms with van der Waals surface area (Å²) in [6, 6.07) is 24.4. The third kappa shape index (κ3) is 5.32. The van der Waals surface area contributed by atoms with E-state index in [1.54, 1.807) is 20.1 Å². The molecule has 1 saturated heterocycles. The van der Waals surface area contributed by atoms with E-state index in [4.69, 9.17) is 4.74 Å². The van der Waals surface area contributed by atoms with E-state index in [9.17, 15) is 9.90 Å². The van der Waals surface area contributed by atoms with Crippen LogP contribution in [0.1, 0.15) is 53.9 Å². The number of nitrogens with zero attached hydrogens (tertiary/aromatic N) is 2. The lowest BCUT2D eigenvalue weighted by atomic mass is 9.92. The van der Waals surface area contributed by atoms with Gasteiger partial charge in [0, 0.05) is 37.3 Å². The average Bonchev–Trinajstić information content (AvgIpc) is 2.82. The van der Waals surface area contributed by atoms with E-state index in [0.717, 1.165) is 47.6 Å². The molecule has 0 saturated carbocycles. The highest BCUT2D eigenvalue weighted by atomic mass is 16.5. The predicted octanol–water partition coefficient (Wildman–Crippen LogP) is 5.29. The Morgan fingerprint density at radius 2 is 1.68 bits per heavy atom. The van der Waals surface area contributed by atoms with Crippen molar-refractivity contribution < 1.29 is 14.6 Å². The second-order valence-corrected chi connectivity index (χ2v) is 9.35. The molecule has 4 rings (SSSR count). The van der Waals surface area contributed by atoms with Crippen molar-refractivity contribution in [3.8, 4) is 11.5 Å². The number of piperazine rings is 1. The first kappa shape index (κ1) is 24.0. The number of methoxy groups -OCH3 is 1. The lowest BCUT2D eigenvalue weighted by Crippen LogP contribution is -2.56. The highest BCUT2D eigenvalue weighted by Gasteiger charge is 2.35. The van der Waals surface area contributed by atoms with Gasteiger partial charge < -0.3 is 9.84 Å². The fourth-order valence-electron chi connectivity index (χ4n) is 5.01. The molecule has 178 valence electrons. The summed E-state index contributed by atoms with van der Waals surface area (Å²) < 4.78 is 5.53. The molecule has 0 amide bonds. The zero-order valence-corrected chi connectivity index (χ0v) is 20.4. The van der Waals surface area contributed by atoms with Crippen molar-refractivity contribution in [2.45, 2.75) is 45.4 Å². The molecule has 5 nitrogen and oxygen atoms in total. The fraction of sp³-hybridized carbons (Fsp3) is 0.345. The van der Waals surface area contributed by atoms with Crippen LogP contribution >= 0.6 is 0 Å². The van der Waals surface area contributed by atoms with Crippen LogP contribution in [0.25, 0.3) is 0 Å². The first-order chi connectivity index (χ1) is 16.4. The zero-order chi connectivity index (χ0) is 24.2. The van der Waals surface area contributed by atoms with Crippen molar-refractivity contribution in [2.75, 3.05) is 20.2 Å². The summed E-state index contributed by atoms with van der Waals surface area (Å²) in [5.74, 6) is 1.21. The van der Waals surface area contributed by atoms with Gasteiger partial charge in [-0.15, -0.1) is 0 Å². The van der Waals surface area contributed by atoms with Crippen molar-refractivity contribution in [1.82, 2.24) is 9.80 Å². The topological polar surface area (TPSA) is 53.0 Å². The molecular formula is C29H34N2O3. The quantitative estimate of drug-likeness (QED) is 0.488. The predicted molar refractivity (Wildman–Crippen MR) is 135 cm³/mol. The molecule has 0 bridgehead atoms. The number of phenols is 1. The summed E-state index contributed by atoms with van der Waals surface area (Å²) in [6.07, 6.45) is 0. The summed E-state index contributed by atoms with van der Waals surface area (Å²) in [6.45, 7) is 8.73. The third-order valence-electron chi connectivity index (χ3n) is 6.81. The molecule has 1 N–H and O–H groups in total. The third-order valence-corrected chi connectivity index (χ3v) is 6.81. The van der Waals surface area contributed by atoms with E-state index in [2.05, 4.69) is 47.9 Å². The van der Waals surface area contributed by atoms with Gasteiger partial charge in [-0.25, -0.2) is 0 Å². The Kier molecular flexibility index (Phi) is 7.35. The van der Waals surface area contributed by atoms with Crippen molar-refractivity contribution >= 4 is 5.78 Å². The first-order valence-electron chi connectivity index (χ1n) is 11.9. The summed E-state index contributed by atoms with van der Waals surface area (Å²) in [5.41, 5.74) is 4.11. The average molecular weight is 459 g/mol. The second kappa shape index (κ2) is 10.4. The van der Waals surface area contributed by atoms with Gasteiger partial charge in [-0.05, 0) is 67.8 Å². The standard InChI is InChI=1S/C29H34N2O3/c1-20-18-31(21(2)17-30(20)19-23-8-5-12-27(33)14-23)29(26-11-7-13-28(16-26)34-4)25-10-6-9-24(15-25)22(3)32/h5-16,20-21,29,33H,17-19H2,1-4H3/t20-,21+,29+/m1/s1. The smallest absolute Gasteiger partial charge is 0.159 e. The van der Waals surface area contributed by atoms with Gasteiger partial charge in [-0.3, -0.25) is 14.6 Å². The number of ether oxygens (including phenoxy) is 1. The number of hydrogen-bond acceptors (Lipinski definition) is 5. The molecule has 3 aromatic carbocycles. The number of carbonyl (C=O) groups excluding carboxylic acids is 1. The van der Waals surface area contributed by atoms with Crippen LogP contribution in [0.4, 0.5) is 0 Å². The van der Waals surface area contributed by atoms with Crippen LogP contribution in [0.2, 0.25) is 0 Å². The second-order valence-electron chi connectivity index (χ2n) is 9.35. The maximum absolute atomic E-state index is 12.1. The van der Waals surface area contributed by atoms with E-state index in [0.29, 0.717) is 11.8 Å². The molecule has 0 spiro atoms. The molecular weight excluding hydrogens is 424 g/mol. The normalized spacial score (nSPS) is 20.1. The lowest BCUT2D eigenvalue weighted by molar-refractivity contribution is 0.0194. The number of ketones is 1. The van der Waals surface area contributed by atoms with E-state index in [1.165, 1.54) is 0 Å². The number of aromatic hydroxyl groups is 1. The molecule has 34 heavy (non-hydrogen) atoms. The van der Waals surface area contributed by atoms with E-state index >= 15 is 0 Å². The minimum atomic E-state index is 0.00905. The number of Topliss-reactive ketones (excluding diaryl/α,β-unsaturated/α-hetero) is 1. The SMILES string of the molecule is COc1cccc([C@H](c2cccc(C(C)=O)c2)N2C[C@@H](C)N(Cc3cccc(O)c3)C[C@@H]2C)c1.